The topological polar surface area (TPSA) is 50.3 Å². The molecule has 1 saturated heterocycles. The fraction of sp³-hybridized carbons (Fsp3) is 0.786. The van der Waals surface area contributed by atoms with E-state index in [1.165, 1.54) is 25.9 Å². The van der Waals surface area contributed by atoms with Crippen molar-refractivity contribution in [1.29, 1.82) is 0 Å². The number of likely N-dealkylation sites (tertiary alicyclic amines) is 1. The minimum absolute atomic E-state index is 0.368. The van der Waals surface area contributed by atoms with Gasteiger partial charge >= 0.3 is 0 Å². The van der Waals surface area contributed by atoms with E-state index in [1.54, 1.807) is 0 Å². The van der Waals surface area contributed by atoms with E-state index in [-0.39, 0.29) is 0 Å². The van der Waals surface area contributed by atoms with Gasteiger partial charge in [-0.1, -0.05) is 13.8 Å². The maximum absolute atomic E-state index is 6.25. The number of hydrogen-bond donors (Lipinski definition) is 1. The van der Waals surface area contributed by atoms with Crippen molar-refractivity contribution in [3.8, 4) is 0 Å². The van der Waals surface area contributed by atoms with Gasteiger partial charge in [-0.05, 0) is 31.8 Å². The fourth-order valence-electron chi connectivity index (χ4n) is 2.83. The molecular weight excluding hydrogens is 238 g/mol. The van der Waals surface area contributed by atoms with Gasteiger partial charge < -0.3 is 15.5 Å². The summed E-state index contributed by atoms with van der Waals surface area (Å²) >= 11 is 0. The SMILES string of the molecule is CC(C)c1nn(C)c(N(C)CCN2CCCC2)c1N. The molecule has 0 bridgehead atoms. The highest BCUT2D eigenvalue weighted by Crippen LogP contribution is 2.29. The maximum atomic E-state index is 6.25. The highest BCUT2D eigenvalue weighted by molar-refractivity contribution is 5.66. The predicted molar refractivity (Wildman–Crippen MR) is 80.7 cm³/mol. The molecule has 0 atom stereocenters. The van der Waals surface area contributed by atoms with Crippen molar-refractivity contribution in [2.45, 2.75) is 32.6 Å². The summed E-state index contributed by atoms with van der Waals surface area (Å²) in [6.45, 7) is 8.86. The Labute approximate surface area is 116 Å². The molecule has 0 unspecified atom stereocenters. The highest BCUT2D eigenvalue weighted by atomic mass is 15.4. The Balaban J connectivity index is 2.03. The number of aromatic nitrogens is 2. The van der Waals surface area contributed by atoms with Crippen molar-refractivity contribution in [3.05, 3.63) is 5.69 Å². The third-order valence-corrected chi connectivity index (χ3v) is 3.94. The van der Waals surface area contributed by atoms with Crippen molar-refractivity contribution in [1.82, 2.24) is 14.7 Å². The Kier molecular flexibility index (Phi) is 4.34. The van der Waals surface area contributed by atoms with Gasteiger partial charge in [0.2, 0.25) is 0 Å². The smallest absolute Gasteiger partial charge is 0.150 e. The molecule has 0 spiro atoms. The Morgan fingerprint density at radius 2 is 1.95 bits per heavy atom. The van der Waals surface area contributed by atoms with Crippen LogP contribution in [0.15, 0.2) is 0 Å². The monoisotopic (exact) mass is 265 g/mol. The Morgan fingerprint density at radius 3 is 2.47 bits per heavy atom. The van der Waals surface area contributed by atoms with Gasteiger partial charge in [-0.25, -0.2) is 0 Å². The summed E-state index contributed by atoms with van der Waals surface area (Å²) < 4.78 is 1.91. The molecule has 108 valence electrons. The number of nitrogens with two attached hydrogens (primary N) is 1. The average molecular weight is 265 g/mol. The van der Waals surface area contributed by atoms with Crippen LogP contribution in [0.5, 0.6) is 0 Å². The molecule has 0 amide bonds. The molecular formula is C14H27N5. The largest absolute Gasteiger partial charge is 0.394 e. The van der Waals surface area contributed by atoms with Crippen molar-refractivity contribution in [3.63, 3.8) is 0 Å². The van der Waals surface area contributed by atoms with Crippen molar-refractivity contribution < 1.29 is 0 Å². The molecule has 5 nitrogen and oxygen atoms in total. The lowest BCUT2D eigenvalue weighted by molar-refractivity contribution is 0.346. The van der Waals surface area contributed by atoms with Crippen LogP contribution in [0, 0.1) is 0 Å². The van der Waals surface area contributed by atoms with Crippen LogP contribution >= 0.6 is 0 Å². The minimum Gasteiger partial charge on any atom is -0.394 e. The summed E-state index contributed by atoms with van der Waals surface area (Å²) in [7, 11) is 4.08. The molecule has 0 aliphatic carbocycles. The van der Waals surface area contributed by atoms with Gasteiger partial charge in [0.25, 0.3) is 0 Å². The van der Waals surface area contributed by atoms with Crippen molar-refractivity contribution >= 4 is 11.5 Å². The van der Waals surface area contributed by atoms with Crippen LogP contribution in [0.25, 0.3) is 0 Å². The van der Waals surface area contributed by atoms with Gasteiger partial charge in [0.1, 0.15) is 5.82 Å². The first-order valence-electron chi connectivity index (χ1n) is 7.26. The fourth-order valence-corrected chi connectivity index (χ4v) is 2.83. The van der Waals surface area contributed by atoms with Crippen LogP contribution in [0.1, 0.15) is 38.3 Å². The number of likely N-dealkylation sites (N-methyl/N-ethyl adjacent to an activating group) is 1. The summed E-state index contributed by atoms with van der Waals surface area (Å²) in [6, 6.07) is 0. The molecule has 5 heteroatoms. The third-order valence-electron chi connectivity index (χ3n) is 3.94. The molecule has 0 saturated carbocycles. The van der Waals surface area contributed by atoms with E-state index < -0.39 is 0 Å². The Hall–Kier alpha value is -1.23. The Bertz CT molecular complexity index is 418. The number of nitrogen functional groups attached to an aromatic ring is 1. The molecule has 2 heterocycles. The zero-order valence-corrected chi connectivity index (χ0v) is 12.7. The van der Waals surface area contributed by atoms with E-state index >= 15 is 0 Å². The molecule has 0 radical (unpaired) electrons. The molecule has 1 aliphatic rings. The summed E-state index contributed by atoms with van der Waals surface area (Å²) in [5.41, 5.74) is 8.09. The summed E-state index contributed by atoms with van der Waals surface area (Å²) in [4.78, 5) is 4.75. The van der Waals surface area contributed by atoms with E-state index in [0.29, 0.717) is 5.92 Å². The second-order valence-electron chi connectivity index (χ2n) is 5.87. The number of aryl methyl sites for hydroxylation is 1. The predicted octanol–water partition coefficient (Wildman–Crippen LogP) is 1.66. The lowest BCUT2D eigenvalue weighted by Gasteiger charge is -2.23. The van der Waals surface area contributed by atoms with Crippen LogP contribution in [0.2, 0.25) is 0 Å². The molecule has 2 N–H and O–H groups in total. The van der Waals surface area contributed by atoms with Crippen LogP contribution in [-0.4, -0.2) is 47.9 Å². The number of rotatable bonds is 5. The standard InChI is InChI=1S/C14H27N5/c1-11(2)13-12(15)14(18(4)16-13)17(3)9-10-19-7-5-6-8-19/h11H,5-10,15H2,1-4H3. The van der Waals surface area contributed by atoms with Gasteiger partial charge in [-0.3, -0.25) is 4.68 Å². The summed E-state index contributed by atoms with van der Waals surface area (Å²) in [6.07, 6.45) is 2.68. The molecule has 0 aromatic carbocycles. The number of hydrogen-bond acceptors (Lipinski definition) is 4. The molecule has 1 aliphatic heterocycles. The first kappa shape index (κ1) is 14.2. The van der Waals surface area contributed by atoms with Crippen molar-refractivity contribution in [2.75, 3.05) is 43.9 Å². The third kappa shape index (κ3) is 3.03. The molecule has 1 aromatic heterocycles. The quantitative estimate of drug-likeness (QED) is 0.879. The summed E-state index contributed by atoms with van der Waals surface area (Å²) in [5.74, 6) is 1.41. The normalized spacial score (nSPS) is 16.5. The average Bonchev–Trinajstić information content (AvgIpc) is 2.94. The van der Waals surface area contributed by atoms with E-state index in [2.05, 4.69) is 35.8 Å². The van der Waals surface area contributed by atoms with Gasteiger partial charge in [0, 0.05) is 27.2 Å². The van der Waals surface area contributed by atoms with Crippen LogP contribution in [0.4, 0.5) is 11.5 Å². The van der Waals surface area contributed by atoms with Gasteiger partial charge in [-0.15, -0.1) is 0 Å². The van der Waals surface area contributed by atoms with E-state index in [1.807, 2.05) is 11.7 Å². The zero-order chi connectivity index (χ0) is 14.0. The van der Waals surface area contributed by atoms with E-state index in [0.717, 1.165) is 30.3 Å². The first-order chi connectivity index (χ1) is 9.00. The minimum atomic E-state index is 0.368. The first-order valence-corrected chi connectivity index (χ1v) is 7.26. The van der Waals surface area contributed by atoms with E-state index in [9.17, 15) is 0 Å². The van der Waals surface area contributed by atoms with Crippen LogP contribution < -0.4 is 10.6 Å². The Morgan fingerprint density at radius 1 is 1.32 bits per heavy atom. The number of anilines is 2. The zero-order valence-electron chi connectivity index (χ0n) is 12.7. The van der Waals surface area contributed by atoms with Crippen LogP contribution in [0.3, 0.4) is 0 Å². The molecule has 19 heavy (non-hydrogen) atoms. The highest BCUT2D eigenvalue weighted by Gasteiger charge is 2.19. The van der Waals surface area contributed by atoms with Gasteiger partial charge in [0.05, 0.1) is 11.4 Å². The van der Waals surface area contributed by atoms with Gasteiger partial charge in [0.15, 0.2) is 0 Å². The van der Waals surface area contributed by atoms with Crippen LogP contribution in [-0.2, 0) is 7.05 Å². The second-order valence-corrected chi connectivity index (χ2v) is 5.87. The summed E-state index contributed by atoms with van der Waals surface area (Å²) in [5, 5.41) is 4.55. The number of nitrogens with zero attached hydrogens (tertiary/aromatic N) is 4. The molecule has 1 aromatic rings. The van der Waals surface area contributed by atoms with Gasteiger partial charge in [-0.2, -0.15) is 5.10 Å². The lowest BCUT2D eigenvalue weighted by Crippen LogP contribution is -2.32. The second kappa shape index (κ2) is 5.82. The molecule has 1 fully saturated rings. The lowest BCUT2D eigenvalue weighted by atomic mass is 10.1. The maximum Gasteiger partial charge on any atom is 0.150 e. The van der Waals surface area contributed by atoms with Crippen molar-refractivity contribution in [2.24, 2.45) is 7.05 Å². The molecule has 2 rings (SSSR count). The van der Waals surface area contributed by atoms with E-state index in [4.69, 9.17) is 5.73 Å².